The van der Waals surface area contributed by atoms with E-state index in [9.17, 15) is 13.6 Å². The summed E-state index contributed by atoms with van der Waals surface area (Å²) in [5.74, 6) is -2.45. The SMILES string of the molecule is CN=N/N=C(\N)N1CCC(C)=C(c2cc(C(=O)Nc3c(F)cncc3F)nn2C)C1. The largest absolute Gasteiger partial charge is 0.368 e. The highest BCUT2D eigenvalue weighted by atomic mass is 19.1. The second-order valence-corrected chi connectivity index (χ2v) is 6.65. The maximum atomic E-state index is 13.8. The standard InChI is InChI=1S/C18H21F2N9O/c1-10-4-5-29(18(21)25-27-22-2)9-11(10)15-6-14(26-28(15)3)17(30)24-16-12(19)7-23-8-13(16)20/h6-8H,4-5,9H2,1-3H3,(H2,21,22,25)(H,23,24,30). The van der Waals surface area contributed by atoms with Gasteiger partial charge in [0.05, 0.1) is 25.1 Å². The van der Waals surface area contributed by atoms with Crippen LogP contribution in [0, 0.1) is 11.6 Å². The van der Waals surface area contributed by atoms with Gasteiger partial charge in [0.1, 0.15) is 5.69 Å². The summed E-state index contributed by atoms with van der Waals surface area (Å²) in [5, 5.41) is 17.3. The van der Waals surface area contributed by atoms with Crippen molar-refractivity contribution in [2.24, 2.45) is 28.2 Å². The zero-order chi connectivity index (χ0) is 21.8. The van der Waals surface area contributed by atoms with E-state index < -0.39 is 23.2 Å². The summed E-state index contributed by atoms with van der Waals surface area (Å²) < 4.78 is 29.1. The molecule has 3 rings (SSSR count). The van der Waals surface area contributed by atoms with E-state index in [4.69, 9.17) is 5.73 Å². The van der Waals surface area contributed by atoms with Crippen molar-refractivity contribution in [1.82, 2.24) is 19.7 Å². The van der Waals surface area contributed by atoms with Gasteiger partial charge in [0.2, 0.25) is 5.96 Å². The lowest BCUT2D eigenvalue weighted by Crippen LogP contribution is -2.41. The minimum Gasteiger partial charge on any atom is -0.368 e. The van der Waals surface area contributed by atoms with Crippen LogP contribution in [-0.2, 0) is 7.05 Å². The van der Waals surface area contributed by atoms with Crippen LogP contribution in [0.3, 0.4) is 0 Å². The van der Waals surface area contributed by atoms with Gasteiger partial charge in [-0.1, -0.05) is 10.7 Å². The predicted octanol–water partition coefficient (Wildman–Crippen LogP) is 2.14. The molecule has 1 aliphatic heterocycles. The number of aromatic nitrogens is 3. The first-order valence-electron chi connectivity index (χ1n) is 9.02. The van der Waals surface area contributed by atoms with E-state index >= 15 is 0 Å². The van der Waals surface area contributed by atoms with Gasteiger partial charge in [-0.25, -0.2) is 8.78 Å². The Bertz CT molecular complexity index is 1040. The van der Waals surface area contributed by atoms with Crippen LogP contribution < -0.4 is 11.1 Å². The maximum absolute atomic E-state index is 13.8. The highest BCUT2D eigenvalue weighted by Crippen LogP contribution is 2.27. The number of carbonyl (C=O) groups excluding carboxylic acids is 1. The van der Waals surface area contributed by atoms with E-state index in [1.54, 1.807) is 13.1 Å². The van der Waals surface area contributed by atoms with Crippen LogP contribution in [0.5, 0.6) is 0 Å². The fourth-order valence-corrected chi connectivity index (χ4v) is 3.08. The molecule has 0 unspecified atom stereocenters. The molecular weight excluding hydrogens is 396 g/mol. The van der Waals surface area contributed by atoms with E-state index in [0.29, 0.717) is 18.8 Å². The Labute approximate surface area is 171 Å². The number of anilines is 1. The number of nitrogens with one attached hydrogen (secondary N) is 1. The van der Waals surface area contributed by atoms with Crippen LogP contribution in [0.4, 0.5) is 14.5 Å². The van der Waals surface area contributed by atoms with Crippen molar-refractivity contribution in [2.75, 3.05) is 25.5 Å². The molecule has 3 N–H and O–H groups in total. The Balaban J connectivity index is 1.85. The average Bonchev–Trinajstić information content (AvgIpc) is 3.11. The fraction of sp³-hybridized carbons (Fsp3) is 0.333. The van der Waals surface area contributed by atoms with Crippen LogP contribution >= 0.6 is 0 Å². The summed E-state index contributed by atoms with van der Waals surface area (Å²) in [6, 6.07) is 1.56. The monoisotopic (exact) mass is 417 g/mol. The average molecular weight is 417 g/mol. The van der Waals surface area contributed by atoms with E-state index in [0.717, 1.165) is 30.0 Å². The Morgan fingerprint density at radius 2 is 2.00 bits per heavy atom. The van der Waals surface area contributed by atoms with Gasteiger partial charge in [-0.15, -0.1) is 0 Å². The molecule has 0 aromatic carbocycles. The van der Waals surface area contributed by atoms with E-state index in [1.165, 1.54) is 11.7 Å². The van der Waals surface area contributed by atoms with Gasteiger partial charge in [-0.05, 0) is 30.2 Å². The molecule has 10 nitrogen and oxygen atoms in total. The first kappa shape index (κ1) is 21.0. The molecule has 1 aliphatic rings. The number of nitrogens with two attached hydrogens (primary N) is 1. The van der Waals surface area contributed by atoms with E-state index in [2.05, 4.69) is 30.8 Å². The Morgan fingerprint density at radius 3 is 2.67 bits per heavy atom. The molecule has 0 radical (unpaired) electrons. The first-order valence-corrected chi connectivity index (χ1v) is 9.02. The number of pyridine rings is 1. The molecule has 3 heterocycles. The topological polar surface area (TPSA) is 126 Å². The minimum atomic E-state index is -0.972. The smallest absolute Gasteiger partial charge is 0.276 e. The molecule has 12 heteroatoms. The summed E-state index contributed by atoms with van der Waals surface area (Å²) in [5.41, 5.74) is 8.12. The number of hydrogen-bond acceptors (Lipinski definition) is 5. The van der Waals surface area contributed by atoms with Gasteiger partial charge in [-0.3, -0.25) is 14.5 Å². The van der Waals surface area contributed by atoms with Crippen molar-refractivity contribution >= 4 is 23.1 Å². The van der Waals surface area contributed by atoms with Crippen molar-refractivity contribution in [2.45, 2.75) is 13.3 Å². The van der Waals surface area contributed by atoms with Gasteiger partial charge >= 0.3 is 0 Å². The second kappa shape index (κ2) is 8.76. The van der Waals surface area contributed by atoms with Gasteiger partial charge in [-0.2, -0.15) is 10.2 Å². The summed E-state index contributed by atoms with van der Waals surface area (Å²) >= 11 is 0. The van der Waals surface area contributed by atoms with Gasteiger partial charge < -0.3 is 16.0 Å². The Hall–Kier alpha value is -3.70. The van der Waals surface area contributed by atoms with Gasteiger partial charge in [0, 0.05) is 20.1 Å². The van der Waals surface area contributed by atoms with E-state index in [-0.39, 0.29) is 11.7 Å². The summed E-state index contributed by atoms with van der Waals surface area (Å²) in [4.78, 5) is 17.7. The minimum absolute atomic E-state index is 0.0157. The Morgan fingerprint density at radius 1 is 1.30 bits per heavy atom. The number of guanidine groups is 1. The lowest BCUT2D eigenvalue weighted by Gasteiger charge is -2.30. The first-order chi connectivity index (χ1) is 14.3. The van der Waals surface area contributed by atoms with Crippen molar-refractivity contribution < 1.29 is 13.6 Å². The summed E-state index contributed by atoms with van der Waals surface area (Å²) in [6.45, 7) is 3.09. The fourth-order valence-electron chi connectivity index (χ4n) is 3.08. The van der Waals surface area contributed by atoms with Crippen molar-refractivity contribution in [3.05, 3.63) is 47.1 Å². The van der Waals surface area contributed by atoms with Crippen LogP contribution in [0.15, 0.2) is 39.5 Å². The zero-order valence-corrected chi connectivity index (χ0v) is 16.7. The number of aryl methyl sites for hydroxylation is 1. The highest BCUT2D eigenvalue weighted by Gasteiger charge is 2.24. The number of halogens is 2. The van der Waals surface area contributed by atoms with Gasteiger partial charge in [0.25, 0.3) is 5.91 Å². The van der Waals surface area contributed by atoms with Crippen molar-refractivity contribution in [1.29, 1.82) is 0 Å². The van der Waals surface area contributed by atoms with Crippen LogP contribution in [-0.4, -0.2) is 51.7 Å². The molecule has 0 fully saturated rings. The summed E-state index contributed by atoms with van der Waals surface area (Å²) in [6.07, 6.45) is 2.36. The third kappa shape index (κ3) is 4.31. The molecule has 158 valence electrons. The second-order valence-electron chi connectivity index (χ2n) is 6.65. The van der Waals surface area contributed by atoms with Gasteiger partial charge in [0.15, 0.2) is 17.3 Å². The van der Waals surface area contributed by atoms with E-state index in [1.807, 2.05) is 11.8 Å². The highest BCUT2D eigenvalue weighted by molar-refractivity contribution is 6.03. The third-order valence-electron chi connectivity index (χ3n) is 4.70. The third-order valence-corrected chi connectivity index (χ3v) is 4.70. The number of hydrogen-bond donors (Lipinski definition) is 2. The van der Waals surface area contributed by atoms with Crippen molar-refractivity contribution in [3.8, 4) is 0 Å². The summed E-state index contributed by atoms with van der Waals surface area (Å²) in [7, 11) is 3.18. The molecule has 2 aromatic rings. The molecule has 30 heavy (non-hydrogen) atoms. The molecule has 0 bridgehead atoms. The lowest BCUT2D eigenvalue weighted by molar-refractivity contribution is 0.102. The Kier molecular flexibility index (Phi) is 6.14. The number of amides is 1. The predicted molar refractivity (Wildman–Crippen MR) is 107 cm³/mol. The van der Waals surface area contributed by atoms with Crippen molar-refractivity contribution in [3.63, 3.8) is 0 Å². The zero-order valence-electron chi connectivity index (χ0n) is 16.7. The molecule has 2 aromatic heterocycles. The molecule has 0 aliphatic carbocycles. The number of rotatable bonds is 4. The quantitative estimate of drug-likeness (QED) is 0.341. The number of nitrogens with zero attached hydrogens (tertiary/aromatic N) is 7. The maximum Gasteiger partial charge on any atom is 0.276 e. The molecule has 0 atom stereocenters. The molecular formula is C18H21F2N9O. The number of carbonyl (C=O) groups is 1. The normalized spacial score (nSPS) is 15.2. The van der Waals surface area contributed by atoms with Crippen LogP contribution in [0.25, 0.3) is 5.57 Å². The lowest BCUT2D eigenvalue weighted by atomic mass is 9.98. The van der Waals surface area contributed by atoms with Crippen LogP contribution in [0.2, 0.25) is 0 Å². The molecule has 1 amide bonds. The van der Waals surface area contributed by atoms with Crippen LogP contribution in [0.1, 0.15) is 29.5 Å². The molecule has 0 saturated heterocycles. The molecule has 0 saturated carbocycles. The molecule has 0 spiro atoms.